The summed E-state index contributed by atoms with van der Waals surface area (Å²) in [5, 5.41) is 8.81. The number of nitrogens with zero attached hydrogens (tertiary/aromatic N) is 1. The van der Waals surface area contributed by atoms with Gasteiger partial charge in [0.05, 0.1) is 6.54 Å². The Bertz CT molecular complexity index is 888. The molecule has 6 heteroatoms. The third-order valence-electron chi connectivity index (χ3n) is 3.54. The van der Waals surface area contributed by atoms with Crippen molar-refractivity contribution in [1.29, 1.82) is 0 Å². The van der Waals surface area contributed by atoms with Gasteiger partial charge in [0.2, 0.25) is 5.91 Å². The molecule has 2 N–H and O–H groups in total. The van der Waals surface area contributed by atoms with Crippen LogP contribution in [0.15, 0.2) is 65.2 Å². The smallest absolute Gasteiger partial charge is 0.251 e. The van der Waals surface area contributed by atoms with Gasteiger partial charge in [-0.3, -0.25) is 9.59 Å². The van der Waals surface area contributed by atoms with Crippen LogP contribution < -0.4 is 10.6 Å². The van der Waals surface area contributed by atoms with E-state index in [0.29, 0.717) is 17.1 Å². The lowest BCUT2D eigenvalue weighted by molar-refractivity contribution is -0.115. The molecule has 0 saturated heterocycles. The van der Waals surface area contributed by atoms with Crippen LogP contribution >= 0.6 is 0 Å². The summed E-state index contributed by atoms with van der Waals surface area (Å²) in [4.78, 5) is 24.1. The van der Waals surface area contributed by atoms with E-state index in [-0.39, 0.29) is 18.4 Å². The minimum Gasteiger partial charge on any atom is -0.360 e. The first-order valence-corrected chi connectivity index (χ1v) is 7.79. The average Bonchev–Trinajstić information content (AvgIpc) is 3.05. The first kappa shape index (κ1) is 16.4. The Hall–Kier alpha value is -3.41. The normalized spacial score (nSPS) is 10.3. The van der Waals surface area contributed by atoms with Gasteiger partial charge < -0.3 is 15.2 Å². The molecule has 0 spiro atoms. The van der Waals surface area contributed by atoms with Crippen LogP contribution in [-0.2, 0) is 4.79 Å². The van der Waals surface area contributed by atoms with Crippen molar-refractivity contribution < 1.29 is 14.1 Å². The highest BCUT2D eigenvalue weighted by molar-refractivity contribution is 5.99. The standard InChI is InChI=1S/C19H17N3O3/c1-13-10-17(22-25-13)21-18(23)12-20-19(24)16-9-5-8-15(11-16)14-6-3-2-4-7-14/h2-11H,12H2,1H3,(H,20,24)(H,21,22,23). The number of benzene rings is 2. The van der Waals surface area contributed by atoms with Crippen LogP contribution in [-0.4, -0.2) is 23.5 Å². The molecule has 2 amide bonds. The Morgan fingerprint density at radius 3 is 2.48 bits per heavy atom. The summed E-state index contributed by atoms with van der Waals surface area (Å²) in [6, 6.07) is 18.6. The molecule has 0 fully saturated rings. The maximum atomic E-state index is 12.3. The van der Waals surface area contributed by atoms with E-state index in [2.05, 4.69) is 15.8 Å². The van der Waals surface area contributed by atoms with E-state index in [9.17, 15) is 9.59 Å². The van der Waals surface area contributed by atoms with Crippen molar-refractivity contribution in [3.63, 3.8) is 0 Å². The van der Waals surface area contributed by atoms with Gasteiger partial charge in [-0.25, -0.2) is 0 Å². The van der Waals surface area contributed by atoms with Crippen LogP contribution in [0.2, 0.25) is 0 Å². The van der Waals surface area contributed by atoms with E-state index in [4.69, 9.17) is 4.52 Å². The molecule has 25 heavy (non-hydrogen) atoms. The molecule has 0 aliphatic carbocycles. The van der Waals surface area contributed by atoms with Gasteiger partial charge in [0, 0.05) is 11.6 Å². The van der Waals surface area contributed by atoms with Gasteiger partial charge >= 0.3 is 0 Å². The van der Waals surface area contributed by atoms with Gasteiger partial charge in [-0.1, -0.05) is 47.6 Å². The molecule has 0 bridgehead atoms. The fourth-order valence-corrected chi connectivity index (χ4v) is 2.35. The molecular formula is C19H17N3O3. The summed E-state index contributed by atoms with van der Waals surface area (Å²) in [7, 11) is 0. The molecule has 0 saturated carbocycles. The summed E-state index contributed by atoms with van der Waals surface area (Å²) in [5.41, 5.74) is 2.46. The molecule has 6 nitrogen and oxygen atoms in total. The van der Waals surface area contributed by atoms with Crippen molar-refractivity contribution >= 4 is 17.6 Å². The molecule has 0 unspecified atom stereocenters. The lowest BCUT2D eigenvalue weighted by atomic mass is 10.0. The zero-order valence-electron chi connectivity index (χ0n) is 13.7. The SMILES string of the molecule is Cc1cc(NC(=O)CNC(=O)c2cccc(-c3ccccc3)c2)no1. The second kappa shape index (κ2) is 7.44. The van der Waals surface area contributed by atoms with E-state index < -0.39 is 0 Å². The Morgan fingerprint density at radius 2 is 1.76 bits per heavy atom. The zero-order chi connectivity index (χ0) is 17.6. The van der Waals surface area contributed by atoms with E-state index >= 15 is 0 Å². The van der Waals surface area contributed by atoms with Crippen LogP contribution in [0, 0.1) is 6.92 Å². The average molecular weight is 335 g/mol. The summed E-state index contributed by atoms with van der Waals surface area (Å²) < 4.78 is 4.86. The Balaban J connectivity index is 1.60. The van der Waals surface area contributed by atoms with Gasteiger partial charge in [0.15, 0.2) is 5.82 Å². The number of carbonyl (C=O) groups excluding carboxylic acids is 2. The predicted molar refractivity (Wildman–Crippen MR) is 94.1 cm³/mol. The van der Waals surface area contributed by atoms with Gasteiger partial charge in [0.1, 0.15) is 5.76 Å². The Morgan fingerprint density at radius 1 is 1.00 bits per heavy atom. The second-order valence-electron chi connectivity index (χ2n) is 5.50. The van der Waals surface area contributed by atoms with Crippen molar-refractivity contribution in [3.05, 3.63) is 72.0 Å². The van der Waals surface area contributed by atoms with Crippen LogP contribution in [0.5, 0.6) is 0 Å². The first-order valence-electron chi connectivity index (χ1n) is 7.79. The maximum absolute atomic E-state index is 12.3. The molecule has 0 aliphatic heterocycles. The van der Waals surface area contributed by atoms with Crippen LogP contribution in [0.4, 0.5) is 5.82 Å². The predicted octanol–water partition coefficient (Wildman–Crippen LogP) is 3.02. The molecular weight excluding hydrogens is 318 g/mol. The number of anilines is 1. The van der Waals surface area contributed by atoms with Crippen LogP contribution in [0.3, 0.4) is 0 Å². The molecule has 3 rings (SSSR count). The van der Waals surface area contributed by atoms with E-state index in [1.807, 2.05) is 42.5 Å². The Labute approximate surface area is 144 Å². The fourth-order valence-electron chi connectivity index (χ4n) is 2.35. The number of nitrogens with one attached hydrogen (secondary N) is 2. The van der Waals surface area contributed by atoms with Crippen molar-refractivity contribution in [3.8, 4) is 11.1 Å². The van der Waals surface area contributed by atoms with Crippen molar-refractivity contribution in [2.45, 2.75) is 6.92 Å². The van der Waals surface area contributed by atoms with Crippen LogP contribution in [0.1, 0.15) is 16.1 Å². The van der Waals surface area contributed by atoms with Gasteiger partial charge in [-0.2, -0.15) is 0 Å². The van der Waals surface area contributed by atoms with E-state index in [1.165, 1.54) is 0 Å². The summed E-state index contributed by atoms with van der Waals surface area (Å²) >= 11 is 0. The molecule has 0 radical (unpaired) electrons. The third kappa shape index (κ3) is 4.32. The van der Waals surface area contributed by atoms with Crippen LogP contribution in [0.25, 0.3) is 11.1 Å². The highest BCUT2D eigenvalue weighted by Gasteiger charge is 2.10. The highest BCUT2D eigenvalue weighted by Crippen LogP contribution is 2.19. The monoisotopic (exact) mass is 335 g/mol. The maximum Gasteiger partial charge on any atom is 0.251 e. The van der Waals surface area contributed by atoms with Gasteiger partial charge in [-0.05, 0) is 30.2 Å². The Kier molecular flexibility index (Phi) is 4.89. The number of hydrogen-bond donors (Lipinski definition) is 2. The van der Waals surface area contributed by atoms with Crippen molar-refractivity contribution in [2.24, 2.45) is 0 Å². The largest absolute Gasteiger partial charge is 0.360 e. The highest BCUT2D eigenvalue weighted by atomic mass is 16.5. The van der Waals surface area contributed by atoms with Crippen molar-refractivity contribution in [2.75, 3.05) is 11.9 Å². The number of aryl methyl sites for hydroxylation is 1. The molecule has 126 valence electrons. The van der Waals surface area contributed by atoms with E-state index in [0.717, 1.165) is 11.1 Å². The summed E-state index contributed by atoms with van der Waals surface area (Å²) in [6.45, 7) is 1.57. The van der Waals surface area contributed by atoms with Gasteiger partial charge in [0.25, 0.3) is 5.91 Å². The lowest BCUT2D eigenvalue weighted by Gasteiger charge is -2.07. The molecule has 0 aliphatic rings. The molecule has 2 aromatic carbocycles. The molecule has 0 atom stereocenters. The molecule has 1 aromatic heterocycles. The lowest BCUT2D eigenvalue weighted by Crippen LogP contribution is -2.32. The fraction of sp³-hybridized carbons (Fsp3) is 0.105. The first-order chi connectivity index (χ1) is 12.1. The van der Waals surface area contributed by atoms with E-state index in [1.54, 1.807) is 25.1 Å². The summed E-state index contributed by atoms with van der Waals surface area (Å²) in [5.74, 6) is 0.227. The minimum atomic E-state index is -0.374. The number of carbonyl (C=O) groups is 2. The summed E-state index contributed by atoms with van der Waals surface area (Å²) in [6.07, 6.45) is 0. The zero-order valence-corrected chi connectivity index (χ0v) is 13.7. The number of aromatic nitrogens is 1. The molecule has 3 aromatic rings. The minimum absolute atomic E-state index is 0.152. The molecule has 1 heterocycles. The number of amides is 2. The third-order valence-corrected chi connectivity index (χ3v) is 3.54. The van der Waals surface area contributed by atoms with Gasteiger partial charge in [-0.15, -0.1) is 0 Å². The topological polar surface area (TPSA) is 84.2 Å². The van der Waals surface area contributed by atoms with Crippen molar-refractivity contribution in [1.82, 2.24) is 10.5 Å². The quantitative estimate of drug-likeness (QED) is 0.751. The second-order valence-corrected chi connectivity index (χ2v) is 5.50. The number of hydrogen-bond acceptors (Lipinski definition) is 4. The number of rotatable bonds is 5.